The summed E-state index contributed by atoms with van der Waals surface area (Å²) in [6.07, 6.45) is -4.36. The van der Waals surface area contributed by atoms with E-state index >= 15 is 0 Å². The lowest BCUT2D eigenvalue weighted by Gasteiger charge is -2.07. The van der Waals surface area contributed by atoms with Gasteiger partial charge in [0.1, 0.15) is 5.69 Å². The zero-order valence-electron chi connectivity index (χ0n) is 8.95. The smallest absolute Gasteiger partial charge is 0.351 e. The molecular formula is C11H10BrF3N2. The highest BCUT2D eigenvalue weighted by Gasteiger charge is 2.36. The van der Waals surface area contributed by atoms with Crippen LogP contribution in [0.4, 0.5) is 13.2 Å². The fraction of sp³-hybridized carbons (Fsp3) is 0.273. The van der Waals surface area contributed by atoms with Crippen molar-refractivity contribution in [3.8, 4) is 0 Å². The zero-order chi connectivity index (χ0) is 12.6. The number of halogens is 4. The van der Waals surface area contributed by atoms with Gasteiger partial charge in [0.05, 0.1) is 0 Å². The Morgan fingerprint density at radius 3 is 2.65 bits per heavy atom. The van der Waals surface area contributed by atoms with Crippen LogP contribution in [0.25, 0.3) is 10.9 Å². The van der Waals surface area contributed by atoms with Crippen molar-refractivity contribution < 1.29 is 13.2 Å². The first kappa shape index (κ1) is 12.4. The van der Waals surface area contributed by atoms with Crippen LogP contribution in [0, 0.1) is 0 Å². The Bertz CT molecular complexity index is 545. The molecule has 2 N–H and O–H groups in total. The van der Waals surface area contributed by atoms with E-state index in [1.54, 1.807) is 25.2 Å². The third-order valence-electron chi connectivity index (χ3n) is 2.51. The Hall–Kier alpha value is -1.01. The van der Waals surface area contributed by atoms with Gasteiger partial charge in [0, 0.05) is 27.5 Å². The molecule has 0 saturated carbocycles. The first-order valence-corrected chi connectivity index (χ1v) is 5.74. The molecule has 2 nitrogen and oxygen atoms in total. The Labute approximate surface area is 104 Å². The van der Waals surface area contributed by atoms with Crippen LogP contribution in [0.3, 0.4) is 0 Å². The first-order chi connectivity index (χ1) is 7.93. The number of aromatic amines is 1. The van der Waals surface area contributed by atoms with Gasteiger partial charge in [0.15, 0.2) is 0 Å². The summed E-state index contributed by atoms with van der Waals surface area (Å²) in [7, 11) is 1.62. The number of aromatic nitrogens is 1. The molecule has 1 aromatic carbocycles. The standard InChI is InChI=1S/C11H10BrF3N2/c1-16-5-8-7-3-2-6(12)4-9(7)17-10(8)11(13,14)15/h2-4,16-17H,5H2,1H3. The minimum absolute atomic E-state index is 0.177. The summed E-state index contributed by atoms with van der Waals surface area (Å²) in [6, 6.07) is 5.05. The molecule has 92 valence electrons. The summed E-state index contributed by atoms with van der Waals surface area (Å²) in [4.78, 5) is 2.43. The Balaban J connectivity index is 2.70. The van der Waals surface area contributed by atoms with Gasteiger partial charge in [-0.05, 0) is 19.2 Å². The van der Waals surface area contributed by atoms with E-state index in [4.69, 9.17) is 0 Å². The van der Waals surface area contributed by atoms with Crippen LogP contribution in [0.2, 0.25) is 0 Å². The molecule has 6 heteroatoms. The normalized spacial score (nSPS) is 12.3. The molecule has 0 saturated heterocycles. The molecule has 0 amide bonds. The van der Waals surface area contributed by atoms with Crippen LogP contribution in [0.5, 0.6) is 0 Å². The summed E-state index contributed by atoms with van der Waals surface area (Å²) in [6.45, 7) is 0.177. The molecule has 0 atom stereocenters. The molecule has 2 aromatic rings. The monoisotopic (exact) mass is 306 g/mol. The van der Waals surface area contributed by atoms with Crippen molar-refractivity contribution in [3.63, 3.8) is 0 Å². The van der Waals surface area contributed by atoms with Crippen LogP contribution < -0.4 is 5.32 Å². The van der Waals surface area contributed by atoms with Crippen molar-refractivity contribution in [2.75, 3.05) is 7.05 Å². The molecule has 0 spiro atoms. The number of alkyl halides is 3. The average molecular weight is 307 g/mol. The largest absolute Gasteiger partial charge is 0.431 e. The third-order valence-corrected chi connectivity index (χ3v) is 3.00. The fourth-order valence-electron chi connectivity index (χ4n) is 1.83. The van der Waals surface area contributed by atoms with Crippen molar-refractivity contribution in [3.05, 3.63) is 33.9 Å². The summed E-state index contributed by atoms with van der Waals surface area (Å²) in [5.74, 6) is 0. The van der Waals surface area contributed by atoms with Crippen molar-refractivity contribution in [1.82, 2.24) is 10.3 Å². The number of benzene rings is 1. The summed E-state index contributed by atoms with van der Waals surface area (Å²) in [5, 5.41) is 3.35. The van der Waals surface area contributed by atoms with Gasteiger partial charge in [0.25, 0.3) is 0 Å². The molecule has 0 aliphatic carbocycles. The fourth-order valence-corrected chi connectivity index (χ4v) is 2.19. The van der Waals surface area contributed by atoms with E-state index in [0.29, 0.717) is 10.9 Å². The van der Waals surface area contributed by atoms with E-state index < -0.39 is 11.9 Å². The number of nitrogens with one attached hydrogen (secondary N) is 2. The number of H-pyrrole nitrogens is 1. The number of hydrogen-bond donors (Lipinski definition) is 2. The Morgan fingerprint density at radius 2 is 2.06 bits per heavy atom. The first-order valence-electron chi connectivity index (χ1n) is 4.95. The van der Waals surface area contributed by atoms with Gasteiger partial charge < -0.3 is 10.3 Å². The van der Waals surface area contributed by atoms with Crippen LogP contribution in [-0.4, -0.2) is 12.0 Å². The van der Waals surface area contributed by atoms with Gasteiger partial charge in [0.2, 0.25) is 0 Å². The van der Waals surface area contributed by atoms with E-state index in [0.717, 1.165) is 4.47 Å². The number of hydrogen-bond acceptors (Lipinski definition) is 1. The third kappa shape index (κ3) is 2.32. The SMILES string of the molecule is CNCc1c(C(F)(F)F)[nH]c2cc(Br)ccc12. The van der Waals surface area contributed by atoms with Gasteiger partial charge >= 0.3 is 6.18 Å². The number of fused-ring (bicyclic) bond motifs is 1. The second-order valence-corrected chi connectivity index (χ2v) is 4.61. The van der Waals surface area contributed by atoms with Gasteiger partial charge in [-0.2, -0.15) is 13.2 Å². The van der Waals surface area contributed by atoms with Crippen molar-refractivity contribution >= 4 is 26.8 Å². The van der Waals surface area contributed by atoms with Crippen LogP contribution in [-0.2, 0) is 12.7 Å². The van der Waals surface area contributed by atoms with Gasteiger partial charge in [-0.25, -0.2) is 0 Å². The Morgan fingerprint density at radius 1 is 1.35 bits per heavy atom. The van der Waals surface area contributed by atoms with Crippen molar-refractivity contribution in [2.45, 2.75) is 12.7 Å². The summed E-state index contributed by atoms with van der Waals surface area (Å²) < 4.78 is 39.3. The Kier molecular flexibility index (Phi) is 3.18. The predicted molar refractivity (Wildman–Crippen MR) is 63.8 cm³/mol. The molecule has 2 rings (SSSR count). The second kappa shape index (κ2) is 4.34. The van der Waals surface area contributed by atoms with E-state index in [1.807, 2.05) is 0 Å². The predicted octanol–water partition coefficient (Wildman–Crippen LogP) is 3.67. The lowest BCUT2D eigenvalue weighted by molar-refractivity contribution is -0.141. The van der Waals surface area contributed by atoms with Crippen molar-refractivity contribution in [2.24, 2.45) is 0 Å². The summed E-state index contributed by atoms with van der Waals surface area (Å²) in [5.41, 5.74) is 0.0550. The molecule has 0 aliphatic rings. The lowest BCUT2D eigenvalue weighted by atomic mass is 10.1. The van der Waals surface area contributed by atoms with Crippen molar-refractivity contribution in [1.29, 1.82) is 0 Å². The minimum Gasteiger partial charge on any atom is -0.351 e. The van der Waals surface area contributed by atoms with Crippen LogP contribution in [0.15, 0.2) is 22.7 Å². The van der Waals surface area contributed by atoms with E-state index in [1.165, 1.54) is 0 Å². The maximum atomic E-state index is 12.8. The van der Waals surface area contributed by atoms with Gasteiger partial charge in [-0.15, -0.1) is 0 Å². The molecule has 0 aliphatic heterocycles. The van der Waals surface area contributed by atoms with Crippen LogP contribution >= 0.6 is 15.9 Å². The highest BCUT2D eigenvalue weighted by molar-refractivity contribution is 9.10. The summed E-state index contributed by atoms with van der Waals surface area (Å²) >= 11 is 3.24. The maximum absolute atomic E-state index is 12.8. The minimum atomic E-state index is -4.36. The molecule has 1 heterocycles. The lowest BCUT2D eigenvalue weighted by Crippen LogP contribution is -2.13. The number of rotatable bonds is 2. The maximum Gasteiger partial charge on any atom is 0.431 e. The highest BCUT2D eigenvalue weighted by atomic mass is 79.9. The molecule has 1 aromatic heterocycles. The van der Waals surface area contributed by atoms with Crippen LogP contribution in [0.1, 0.15) is 11.3 Å². The van der Waals surface area contributed by atoms with Gasteiger partial charge in [-0.3, -0.25) is 0 Å². The molecule has 0 bridgehead atoms. The van der Waals surface area contributed by atoms with E-state index in [2.05, 4.69) is 26.2 Å². The average Bonchev–Trinajstić information content (AvgIpc) is 2.56. The molecular weight excluding hydrogens is 297 g/mol. The molecule has 0 fully saturated rings. The highest BCUT2D eigenvalue weighted by Crippen LogP contribution is 2.36. The zero-order valence-corrected chi connectivity index (χ0v) is 10.5. The molecule has 0 unspecified atom stereocenters. The topological polar surface area (TPSA) is 27.8 Å². The van der Waals surface area contributed by atoms with E-state index in [9.17, 15) is 13.2 Å². The molecule has 17 heavy (non-hydrogen) atoms. The molecule has 0 radical (unpaired) electrons. The van der Waals surface area contributed by atoms with E-state index in [-0.39, 0.29) is 12.1 Å². The quantitative estimate of drug-likeness (QED) is 0.870. The second-order valence-electron chi connectivity index (χ2n) is 3.70. The van der Waals surface area contributed by atoms with Gasteiger partial charge in [-0.1, -0.05) is 22.0 Å².